The van der Waals surface area contributed by atoms with E-state index in [2.05, 4.69) is 15.5 Å². The molecule has 7 heteroatoms. The summed E-state index contributed by atoms with van der Waals surface area (Å²) in [5.41, 5.74) is 0.240. The van der Waals surface area contributed by atoms with Gasteiger partial charge < -0.3 is 14.9 Å². The van der Waals surface area contributed by atoms with Crippen LogP contribution in [0.5, 0.6) is 0 Å². The predicted molar refractivity (Wildman–Crippen MR) is 59.9 cm³/mol. The molecule has 0 aliphatic rings. The highest BCUT2D eigenvalue weighted by Crippen LogP contribution is 2.17. The Bertz CT molecular complexity index is 542. The first-order chi connectivity index (χ1) is 8.66. The van der Waals surface area contributed by atoms with Crippen LogP contribution in [0, 0.1) is 5.82 Å². The zero-order chi connectivity index (χ0) is 13.0. The molecule has 2 N–H and O–H groups in total. The predicted octanol–water partition coefficient (Wildman–Crippen LogP) is 1.56. The van der Waals surface area contributed by atoms with Gasteiger partial charge in [0.05, 0.1) is 5.56 Å². The van der Waals surface area contributed by atoms with Crippen LogP contribution < -0.4 is 5.32 Å². The van der Waals surface area contributed by atoms with E-state index in [1.807, 2.05) is 0 Å². The Hall–Kier alpha value is -2.44. The van der Waals surface area contributed by atoms with Crippen molar-refractivity contribution in [1.29, 1.82) is 0 Å². The van der Waals surface area contributed by atoms with Crippen LogP contribution in [-0.4, -0.2) is 27.8 Å². The normalized spacial score (nSPS) is 10.3. The van der Waals surface area contributed by atoms with Gasteiger partial charge in [0, 0.05) is 18.7 Å². The van der Waals surface area contributed by atoms with Crippen LogP contribution in [0.25, 0.3) is 0 Å². The first-order valence-electron chi connectivity index (χ1n) is 5.19. The number of carboxylic acids is 1. The molecule has 1 heterocycles. The molecule has 0 bridgehead atoms. The van der Waals surface area contributed by atoms with Gasteiger partial charge in [0.1, 0.15) is 5.82 Å². The van der Waals surface area contributed by atoms with Crippen molar-refractivity contribution in [3.05, 3.63) is 41.8 Å². The third-order valence-corrected chi connectivity index (χ3v) is 2.27. The quantitative estimate of drug-likeness (QED) is 0.838. The average Bonchev–Trinajstić information content (AvgIpc) is 2.84. The summed E-state index contributed by atoms with van der Waals surface area (Å²) in [4.78, 5) is 14.7. The van der Waals surface area contributed by atoms with E-state index in [4.69, 9.17) is 9.63 Å². The van der Waals surface area contributed by atoms with E-state index in [9.17, 15) is 9.18 Å². The molecule has 1 aromatic heterocycles. The Morgan fingerprint density at radius 1 is 1.50 bits per heavy atom. The number of aromatic carboxylic acids is 1. The molecule has 6 nitrogen and oxygen atoms in total. The first kappa shape index (κ1) is 12.0. The largest absolute Gasteiger partial charge is 0.478 e. The minimum Gasteiger partial charge on any atom is -0.478 e. The van der Waals surface area contributed by atoms with Gasteiger partial charge >= 0.3 is 5.97 Å². The number of aromatic nitrogens is 2. The fourth-order valence-corrected chi connectivity index (χ4v) is 1.46. The van der Waals surface area contributed by atoms with Gasteiger partial charge in [0.2, 0.25) is 5.89 Å². The van der Waals surface area contributed by atoms with Crippen LogP contribution in [0.1, 0.15) is 16.2 Å². The lowest BCUT2D eigenvalue weighted by atomic mass is 10.1. The molecule has 94 valence electrons. The fourth-order valence-electron chi connectivity index (χ4n) is 1.46. The van der Waals surface area contributed by atoms with Crippen molar-refractivity contribution in [2.75, 3.05) is 11.9 Å². The molecule has 0 amide bonds. The Morgan fingerprint density at radius 2 is 2.33 bits per heavy atom. The van der Waals surface area contributed by atoms with Gasteiger partial charge in [0.25, 0.3) is 0 Å². The number of rotatable bonds is 5. The smallest absolute Gasteiger partial charge is 0.337 e. The number of carbonyl (C=O) groups is 1. The molecule has 2 aromatic rings. The van der Waals surface area contributed by atoms with Crippen LogP contribution in [0.2, 0.25) is 0 Å². The highest BCUT2D eigenvalue weighted by molar-refractivity contribution is 5.94. The van der Waals surface area contributed by atoms with E-state index in [1.54, 1.807) is 0 Å². The summed E-state index contributed by atoms with van der Waals surface area (Å²) in [6, 6.07) is 3.55. The summed E-state index contributed by atoms with van der Waals surface area (Å²) in [6.07, 6.45) is 1.74. The van der Waals surface area contributed by atoms with Gasteiger partial charge in [-0.15, -0.1) is 0 Å². The standard InChI is InChI=1S/C11H10FN3O3/c12-7-1-2-9(8(5-7)11(16)17)13-4-3-10-14-6-15-18-10/h1-2,5-6,13H,3-4H2,(H,16,17). The molecule has 0 atom stereocenters. The third kappa shape index (κ3) is 2.82. The second kappa shape index (κ2) is 5.26. The van der Waals surface area contributed by atoms with Crippen molar-refractivity contribution in [2.24, 2.45) is 0 Å². The van der Waals surface area contributed by atoms with E-state index in [0.29, 0.717) is 24.5 Å². The lowest BCUT2D eigenvalue weighted by molar-refractivity contribution is 0.0697. The van der Waals surface area contributed by atoms with Gasteiger partial charge in [-0.1, -0.05) is 5.16 Å². The number of halogens is 1. The van der Waals surface area contributed by atoms with Crippen LogP contribution >= 0.6 is 0 Å². The van der Waals surface area contributed by atoms with Gasteiger partial charge in [-0.25, -0.2) is 9.18 Å². The van der Waals surface area contributed by atoms with Crippen molar-refractivity contribution in [3.63, 3.8) is 0 Å². The van der Waals surface area contributed by atoms with Crippen molar-refractivity contribution in [2.45, 2.75) is 6.42 Å². The second-order valence-corrected chi connectivity index (χ2v) is 3.51. The fraction of sp³-hybridized carbons (Fsp3) is 0.182. The number of hydrogen-bond acceptors (Lipinski definition) is 5. The molecule has 0 aliphatic heterocycles. The molecule has 0 fully saturated rings. The SMILES string of the molecule is O=C(O)c1cc(F)ccc1NCCc1ncno1. The summed E-state index contributed by atoms with van der Waals surface area (Å²) >= 11 is 0. The zero-order valence-electron chi connectivity index (χ0n) is 9.26. The molecule has 0 saturated carbocycles. The summed E-state index contributed by atoms with van der Waals surface area (Å²) < 4.78 is 17.7. The third-order valence-electron chi connectivity index (χ3n) is 2.27. The number of nitrogens with zero attached hydrogens (tertiary/aromatic N) is 2. The van der Waals surface area contributed by atoms with E-state index < -0.39 is 11.8 Å². The number of anilines is 1. The molecule has 2 rings (SSSR count). The molecule has 0 spiro atoms. The summed E-state index contributed by atoms with van der Waals surface area (Å²) in [6.45, 7) is 0.411. The molecular formula is C11H10FN3O3. The molecular weight excluding hydrogens is 241 g/mol. The van der Waals surface area contributed by atoms with E-state index in [-0.39, 0.29) is 5.56 Å². The maximum absolute atomic E-state index is 12.9. The topological polar surface area (TPSA) is 88.2 Å². The summed E-state index contributed by atoms with van der Waals surface area (Å²) in [5.74, 6) is -1.33. The van der Waals surface area contributed by atoms with Crippen molar-refractivity contribution >= 4 is 11.7 Å². The zero-order valence-corrected chi connectivity index (χ0v) is 9.26. The number of benzene rings is 1. The van der Waals surface area contributed by atoms with E-state index in [0.717, 1.165) is 6.07 Å². The van der Waals surface area contributed by atoms with Gasteiger partial charge in [0.15, 0.2) is 6.33 Å². The van der Waals surface area contributed by atoms with Crippen LogP contribution in [0.15, 0.2) is 29.0 Å². The lowest BCUT2D eigenvalue weighted by Gasteiger charge is -2.08. The molecule has 18 heavy (non-hydrogen) atoms. The maximum atomic E-state index is 12.9. The Kier molecular flexibility index (Phi) is 3.52. The Balaban J connectivity index is 2.02. The molecule has 0 radical (unpaired) electrons. The summed E-state index contributed by atoms with van der Waals surface area (Å²) in [7, 11) is 0. The molecule has 0 aliphatic carbocycles. The van der Waals surface area contributed by atoms with Crippen molar-refractivity contribution in [1.82, 2.24) is 10.1 Å². The molecule has 1 aromatic carbocycles. The molecule has 0 saturated heterocycles. The number of hydrogen-bond donors (Lipinski definition) is 2. The lowest BCUT2D eigenvalue weighted by Crippen LogP contribution is -2.10. The average molecular weight is 251 g/mol. The maximum Gasteiger partial charge on any atom is 0.337 e. The second-order valence-electron chi connectivity index (χ2n) is 3.51. The van der Waals surface area contributed by atoms with Crippen LogP contribution in [-0.2, 0) is 6.42 Å². The van der Waals surface area contributed by atoms with Crippen molar-refractivity contribution < 1.29 is 18.8 Å². The highest BCUT2D eigenvalue weighted by Gasteiger charge is 2.11. The van der Waals surface area contributed by atoms with Gasteiger partial charge in [-0.05, 0) is 18.2 Å². The van der Waals surface area contributed by atoms with Crippen LogP contribution in [0.4, 0.5) is 10.1 Å². The first-order valence-corrected chi connectivity index (χ1v) is 5.19. The molecule has 0 unspecified atom stereocenters. The van der Waals surface area contributed by atoms with Crippen LogP contribution in [0.3, 0.4) is 0 Å². The Labute approximate surface area is 101 Å². The van der Waals surface area contributed by atoms with E-state index in [1.165, 1.54) is 18.5 Å². The monoisotopic (exact) mass is 251 g/mol. The van der Waals surface area contributed by atoms with E-state index >= 15 is 0 Å². The minimum atomic E-state index is -1.19. The van der Waals surface area contributed by atoms with Crippen molar-refractivity contribution in [3.8, 4) is 0 Å². The number of carboxylic acid groups (broad SMARTS) is 1. The summed E-state index contributed by atoms with van der Waals surface area (Å²) in [5, 5.41) is 15.3. The minimum absolute atomic E-state index is 0.111. The van der Waals surface area contributed by atoms with Gasteiger partial charge in [-0.2, -0.15) is 4.98 Å². The highest BCUT2D eigenvalue weighted by atomic mass is 19.1. The van der Waals surface area contributed by atoms with Gasteiger partial charge in [-0.3, -0.25) is 0 Å². The number of nitrogens with one attached hydrogen (secondary N) is 1. The Morgan fingerprint density at radius 3 is 3.00 bits per heavy atom.